The van der Waals surface area contributed by atoms with Gasteiger partial charge in [-0.05, 0) is 5.56 Å². The molecule has 3 N–H and O–H groups in total. The molecule has 106 valence electrons. The topological polar surface area (TPSA) is 58.7 Å². The third-order valence-electron chi connectivity index (χ3n) is 3.01. The Kier molecular flexibility index (Phi) is 7.59. The van der Waals surface area contributed by atoms with Crippen LogP contribution in [0.15, 0.2) is 30.3 Å². The number of methoxy groups -OCH3 is 1. The average molecular weight is 282 g/mol. The van der Waals surface area contributed by atoms with Gasteiger partial charge >= 0.3 is 0 Å². The van der Waals surface area contributed by atoms with Crippen molar-refractivity contribution in [3.8, 4) is 0 Å². The molecule has 0 bridgehead atoms. The zero-order chi connectivity index (χ0) is 14.1. The highest BCUT2D eigenvalue weighted by molar-refractivity contribution is 7.80. The lowest BCUT2D eigenvalue weighted by molar-refractivity contribution is 0.130. The maximum absolute atomic E-state index is 9.11. The molecule has 0 aliphatic heterocycles. The van der Waals surface area contributed by atoms with Gasteiger partial charge in [0.25, 0.3) is 0 Å². The summed E-state index contributed by atoms with van der Waals surface area (Å²) in [5, 5.41) is 9.11. The maximum atomic E-state index is 9.11. The molecule has 0 amide bonds. The Labute approximate surface area is 120 Å². The van der Waals surface area contributed by atoms with E-state index < -0.39 is 0 Å². The molecule has 0 aliphatic carbocycles. The van der Waals surface area contributed by atoms with Crippen LogP contribution >= 0.6 is 12.2 Å². The Hall–Kier alpha value is -1.01. The predicted molar refractivity (Wildman–Crippen MR) is 81.4 cm³/mol. The Morgan fingerprint density at radius 1 is 1.37 bits per heavy atom. The van der Waals surface area contributed by atoms with Crippen LogP contribution < -0.4 is 5.73 Å². The normalized spacial score (nSPS) is 12.6. The maximum Gasteiger partial charge on any atom is 0.0816 e. The van der Waals surface area contributed by atoms with E-state index in [1.54, 1.807) is 7.11 Å². The highest BCUT2D eigenvalue weighted by Gasteiger charge is 2.18. The largest absolute Gasteiger partial charge is 0.395 e. The van der Waals surface area contributed by atoms with Crippen LogP contribution in [-0.4, -0.2) is 55.0 Å². The Balaban J connectivity index is 2.73. The van der Waals surface area contributed by atoms with Crippen molar-refractivity contribution in [2.75, 3.05) is 40.0 Å². The van der Waals surface area contributed by atoms with Crippen LogP contribution in [0.4, 0.5) is 0 Å². The minimum Gasteiger partial charge on any atom is -0.395 e. The smallest absolute Gasteiger partial charge is 0.0816 e. The Morgan fingerprint density at radius 3 is 2.58 bits per heavy atom. The minimum atomic E-state index is -0.000365. The number of hydrogen-bond acceptors (Lipinski definition) is 4. The second-order valence-corrected chi connectivity index (χ2v) is 4.85. The van der Waals surface area contributed by atoms with Gasteiger partial charge in [-0.15, -0.1) is 0 Å². The highest BCUT2D eigenvalue weighted by Crippen LogP contribution is 2.17. The van der Waals surface area contributed by atoms with Crippen LogP contribution in [0.3, 0.4) is 0 Å². The van der Waals surface area contributed by atoms with Gasteiger partial charge in [0.05, 0.1) is 18.2 Å². The van der Waals surface area contributed by atoms with Gasteiger partial charge in [-0.2, -0.15) is 0 Å². The summed E-state index contributed by atoms with van der Waals surface area (Å²) < 4.78 is 5.08. The fourth-order valence-corrected chi connectivity index (χ4v) is 2.17. The van der Waals surface area contributed by atoms with Crippen molar-refractivity contribution in [2.45, 2.75) is 5.92 Å². The molecule has 0 aromatic heterocycles. The standard InChI is InChI=1S/C14H22N2O2S/c1-18-10-8-16(7-9-17)11-13(14(15)19)12-5-3-2-4-6-12/h2-6,13,17H,7-11H2,1H3,(H2,15,19). The van der Waals surface area contributed by atoms with E-state index in [0.29, 0.717) is 24.7 Å². The summed E-state index contributed by atoms with van der Waals surface area (Å²) >= 11 is 5.17. The van der Waals surface area contributed by atoms with Gasteiger partial charge in [0.15, 0.2) is 0 Å². The van der Waals surface area contributed by atoms with Crippen LogP contribution in [-0.2, 0) is 4.74 Å². The van der Waals surface area contributed by atoms with E-state index in [2.05, 4.69) is 4.90 Å². The fourth-order valence-electron chi connectivity index (χ4n) is 1.96. The molecular formula is C14H22N2O2S. The van der Waals surface area contributed by atoms with E-state index >= 15 is 0 Å². The number of rotatable bonds is 9. The van der Waals surface area contributed by atoms with Gasteiger partial charge in [0.1, 0.15) is 0 Å². The molecule has 1 aromatic rings. The van der Waals surface area contributed by atoms with Crippen molar-refractivity contribution in [2.24, 2.45) is 5.73 Å². The second kappa shape index (κ2) is 8.98. The molecule has 0 spiro atoms. The van der Waals surface area contributed by atoms with Crippen molar-refractivity contribution in [1.29, 1.82) is 0 Å². The summed E-state index contributed by atoms with van der Waals surface area (Å²) in [7, 11) is 1.67. The minimum absolute atomic E-state index is 0.000365. The van der Waals surface area contributed by atoms with Gasteiger partial charge in [-0.3, -0.25) is 4.90 Å². The van der Waals surface area contributed by atoms with Gasteiger partial charge in [0, 0.05) is 32.7 Å². The van der Waals surface area contributed by atoms with Crippen molar-refractivity contribution in [1.82, 2.24) is 4.90 Å². The summed E-state index contributed by atoms with van der Waals surface area (Å²) in [5.41, 5.74) is 6.96. The molecule has 4 nitrogen and oxygen atoms in total. The zero-order valence-electron chi connectivity index (χ0n) is 11.3. The summed E-state index contributed by atoms with van der Waals surface area (Å²) in [5.74, 6) is -0.000365. The zero-order valence-corrected chi connectivity index (χ0v) is 12.1. The fraction of sp³-hybridized carbons (Fsp3) is 0.500. The molecule has 5 heteroatoms. The van der Waals surface area contributed by atoms with Crippen LogP contribution in [0, 0.1) is 0 Å². The molecule has 0 heterocycles. The monoisotopic (exact) mass is 282 g/mol. The predicted octanol–water partition coefficient (Wildman–Crippen LogP) is 0.997. The van der Waals surface area contributed by atoms with E-state index in [1.165, 1.54) is 0 Å². The van der Waals surface area contributed by atoms with E-state index in [9.17, 15) is 0 Å². The number of ether oxygens (including phenoxy) is 1. The lowest BCUT2D eigenvalue weighted by Gasteiger charge is -2.26. The summed E-state index contributed by atoms with van der Waals surface area (Å²) in [6.07, 6.45) is 0. The average Bonchev–Trinajstić information content (AvgIpc) is 2.42. The van der Waals surface area contributed by atoms with Crippen molar-refractivity contribution in [3.05, 3.63) is 35.9 Å². The molecule has 0 saturated heterocycles. The number of aliphatic hydroxyl groups excluding tert-OH is 1. The van der Waals surface area contributed by atoms with Crippen LogP contribution in [0.25, 0.3) is 0 Å². The molecule has 1 rings (SSSR count). The molecule has 1 aromatic carbocycles. The number of nitrogens with zero attached hydrogens (tertiary/aromatic N) is 1. The van der Waals surface area contributed by atoms with Crippen LogP contribution in [0.5, 0.6) is 0 Å². The SMILES string of the molecule is COCCN(CCO)CC(C(N)=S)c1ccccc1. The van der Waals surface area contributed by atoms with E-state index in [-0.39, 0.29) is 12.5 Å². The van der Waals surface area contributed by atoms with E-state index in [0.717, 1.165) is 12.1 Å². The summed E-state index contributed by atoms with van der Waals surface area (Å²) in [4.78, 5) is 2.59. The molecule has 0 saturated carbocycles. The molecule has 0 radical (unpaired) electrons. The van der Waals surface area contributed by atoms with Crippen molar-refractivity contribution < 1.29 is 9.84 Å². The van der Waals surface area contributed by atoms with Crippen molar-refractivity contribution in [3.63, 3.8) is 0 Å². The molecular weight excluding hydrogens is 260 g/mol. The number of aliphatic hydroxyl groups is 1. The quantitative estimate of drug-likeness (QED) is 0.662. The first-order valence-electron chi connectivity index (χ1n) is 6.35. The van der Waals surface area contributed by atoms with Crippen LogP contribution in [0.2, 0.25) is 0 Å². The molecule has 0 aliphatic rings. The highest BCUT2D eigenvalue weighted by atomic mass is 32.1. The number of thiocarbonyl (C=S) groups is 1. The third-order valence-corrected chi connectivity index (χ3v) is 3.30. The Bertz CT molecular complexity index is 373. The first kappa shape index (κ1) is 16.0. The first-order chi connectivity index (χ1) is 9.19. The summed E-state index contributed by atoms with van der Waals surface area (Å²) in [6.45, 7) is 2.78. The van der Waals surface area contributed by atoms with E-state index in [1.807, 2.05) is 30.3 Å². The molecule has 0 fully saturated rings. The first-order valence-corrected chi connectivity index (χ1v) is 6.76. The number of nitrogens with two attached hydrogens (primary N) is 1. The number of benzene rings is 1. The van der Waals surface area contributed by atoms with Gasteiger partial charge in [-0.1, -0.05) is 42.5 Å². The molecule has 1 atom stereocenters. The summed E-state index contributed by atoms with van der Waals surface area (Å²) in [6, 6.07) is 9.98. The Morgan fingerprint density at radius 2 is 2.05 bits per heavy atom. The third kappa shape index (κ3) is 5.65. The molecule has 1 unspecified atom stereocenters. The lowest BCUT2D eigenvalue weighted by atomic mass is 9.98. The van der Waals surface area contributed by atoms with E-state index in [4.69, 9.17) is 27.8 Å². The lowest BCUT2D eigenvalue weighted by Crippen LogP contribution is -2.37. The second-order valence-electron chi connectivity index (χ2n) is 4.38. The van der Waals surface area contributed by atoms with Crippen LogP contribution in [0.1, 0.15) is 11.5 Å². The van der Waals surface area contributed by atoms with Gasteiger partial charge < -0.3 is 15.6 Å². The van der Waals surface area contributed by atoms with Gasteiger partial charge in [-0.25, -0.2) is 0 Å². The number of hydrogen-bond donors (Lipinski definition) is 2. The van der Waals surface area contributed by atoms with Crippen molar-refractivity contribution >= 4 is 17.2 Å². The molecule has 19 heavy (non-hydrogen) atoms. The van der Waals surface area contributed by atoms with Gasteiger partial charge in [0.2, 0.25) is 0 Å².